The molecular weight excluding hydrogens is 371 g/mol. The van der Waals surface area contributed by atoms with E-state index in [0.29, 0.717) is 5.56 Å². The fourth-order valence-electron chi connectivity index (χ4n) is 2.37. The number of benzene rings is 2. The number of carbonyl (C=O) groups is 1. The van der Waals surface area contributed by atoms with Crippen LogP contribution in [0.25, 0.3) is 0 Å². The lowest BCUT2D eigenvalue weighted by atomic mass is 10.2. The molecule has 0 radical (unpaired) electrons. The van der Waals surface area contributed by atoms with Gasteiger partial charge in [-0.1, -0.05) is 24.3 Å². The molecule has 2 aromatic rings. The number of rotatable bonds is 7. The first kappa shape index (κ1) is 20.6. The van der Waals surface area contributed by atoms with E-state index in [4.69, 9.17) is 0 Å². The summed E-state index contributed by atoms with van der Waals surface area (Å²) in [7, 11) is 1.60. The smallest absolute Gasteiger partial charge is 0.405 e. The minimum absolute atomic E-state index is 0.0821. The normalized spacial score (nSPS) is 11.5. The molecule has 27 heavy (non-hydrogen) atoms. The second kappa shape index (κ2) is 8.81. The van der Waals surface area contributed by atoms with Gasteiger partial charge in [0.15, 0.2) is 11.6 Å². The van der Waals surface area contributed by atoms with Crippen LogP contribution in [0.3, 0.4) is 0 Å². The number of carbonyl (C=O) groups excluding carboxylic acids is 1. The van der Waals surface area contributed by atoms with Crippen LogP contribution in [0, 0.1) is 11.6 Å². The zero-order valence-electron chi connectivity index (χ0n) is 14.3. The van der Waals surface area contributed by atoms with Gasteiger partial charge in [0, 0.05) is 18.7 Å². The first-order valence-electron chi connectivity index (χ1n) is 7.87. The third kappa shape index (κ3) is 6.86. The number of alkyl halides is 3. The number of ether oxygens (including phenoxy) is 1. The molecule has 2 aromatic carbocycles. The molecule has 0 heterocycles. The maximum atomic E-state index is 13.2. The molecule has 0 saturated heterocycles. The van der Waals surface area contributed by atoms with Crippen LogP contribution >= 0.6 is 0 Å². The quantitative estimate of drug-likeness (QED) is 0.737. The largest absolute Gasteiger partial charge is 0.573 e. The van der Waals surface area contributed by atoms with Crippen molar-refractivity contribution in [1.82, 2.24) is 10.2 Å². The molecule has 1 N–H and O–H groups in total. The summed E-state index contributed by atoms with van der Waals surface area (Å²) >= 11 is 0. The Morgan fingerprint density at radius 3 is 2.48 bits per heavy atom. The molecule has 0 bridgehead atoms. The summed E-state index contributed by atoms with van der Waals surface area (Å²) in [6.45, 7) is -0.0379. The molecule has 0 aliphatic heterocycles. The summed E-state index contributed by atoms with van der Waals surface area (Å²) in [5.41, 5.74) is 0.652. The number of nitrogens with one attached hydrogen (secondary N) is 1. The predicted molar refractivity (Wildman–Crippen MR) is 87.7 cm³/mol. The molecule has 0 spiro atoms. The summed E-state index contributed by atoms with van der Waals surface area (Å²) in [5, 5.41) is 2.50. The van der Waals surface area contributed by atoms with Crippen LogP contribution in [-0.2, 0) is 17.9 Å². The van der Waals surface area contributed by atoms with Gasteiger partial charge >= 0.3 is 6.36 Å². The van der Waals surface area contributed by atoms with Gasteiger partial charge in [-0.15, -0.1) is 13.2 Å². The lowest BCUT2D eigenvalue weighted by Crippen LogP contribution is -2.34. The Morgan fingerprint density at radius 1 is 1.11 bits per heavy atom. The fourth-order valence-corrected chi connectivity index (χ4v) is 2.37. The minimum Gasteiger partial charge on any atom is -0.405 e. The molecule has 0 aromatic heterocycles. The molecule has 0 atom stereocenters. The van der Waals surface area contributed by atoms with E-state index in [1.54, 1.807) is 11.9 Å². The highest BCUT2D eigenvalue weighted by Crippen LogP contribution is 2.26. The molecule has 0 aliphatic carbocycles. The van der Waals surface area contributed by atoms with E-state index < -0.39 is 23.9 Å². The Hall–Kier alpha value is -2.68. The van der Waals surface area contributed by atoms with Gasteiger partial charge in [0.25, 0.3) is 0 Å². The lowest BCUT2D eigenvalue weighted by molar-refractivity contribution is -0.274. The highest BCUT2D eigenvalue weighted by atomic mass is 19.4. The molecular formula is C18H17F5N2O2. The Kier molecular flexibility index (Phi) is 6.73. The van der Waals surface area contributed by atoms with Crippen molar-refractivity contribution < 1.29 is 31.5 Å². The average molecular weight is 388 g/mol. The summed E-state index contributed by atoms with van der Waals surface area (Å²) in [4.78, 5) is 13.5. The van der Waals surface area contributed by atoms with E-state index in [2.05, 4.69) is 10.1 Å². The number of likely N-dealkylation sites (N-methyl/N-ethyl adjacent to an activating group) is 1. The fraction of sp³-hybridized carbons (Fsp3) is 0.278. The molecule has 4 nitrogen and oxygen atoms in total. The standard InChI is InChI=1S/C18H17F5N2O2/c1-25(10-12-6-7-14(19)15(20)8-12)11-17(26)24-9-13-4-2-3-5-16(13)27-18(21,22)23/h2-8H,9-11H2,1H3,(H,24,26). The summed E-state index contributed by atoms with van der Waals surface area (Å²) < 4.78 is 67.2. The summed E-state index contributed by atoms with van der Waals surface area (Å²) in [6, 6.07) is 8.92. The van der Waals surface area contributed by atoms with E-state index in [0.717, 1.165) is 18.2 Å². The first-order chi connectivity index (χ1) is 12.6. The second-order valence-corrected chi connectivity index (χ2v) is 5.85. The van der Waals surface area contributed by atoms with Crippen molar-refractivity contribution in [2.24, 2.45) is 0 Å². The average Bonchev–Trinajstić information content (AvgIpc) is 2.56. The number of hydrogen-bond acceptors (Lipinski definition) is 3. The minimum atomic E-state index is -4.83. The number of nitrogens with zero attached hydrogens (tertiary/aromatic N) is 1. The second-order valence-electron chi connectivity index (χ2n) is 5.85. The Morgan fingerprint density at radius 2 is 1.81 bits per heavy atom. The van der Waals surface area contributed by atoms with E-state index in [-0.39, 0.29) is 30.9 Å². The van der Waals surface area contributed by atoms with Crippen molar-refractivity contribution in [3.05, 3.63) is 65.2 Å². The Balaban J connectivity index is 1.88. The van der Waals surface area contributed by atoms with Crippen LogP contribution < -0.4 is 10.1 Å². The van der Waals surface area contributed by atoms with Gasteiger partial charge < -0.3 is 10.1 Å². The molecule has 1 amide bonds. The lowest BCUT2D eigenvalue weighted by Gasteiger charge is -2.17. The van der Waals surface area contributed by atoms with E-state index in [9.17, 15) is 26.7 Å². The molecule has 146 valence electrons. The molecule has 0 fully saturated rings. The SMILES string of the molecule is CN(CC(=O)NCc1ccccc1OC(F)(F)F)Cc1ccc(F)c(F)c1. The topological polar surface area (TPSA) is 41.6 Å². The van der Waals surface area contributed by atoms with Crippen molar-refractivity contribution in [1.29, 1.82) is 0 Å². The van der Waals surface area contributed by atoms with Crippen molar-refractivity contribution in [2.75, 3.05) is 13.6 Å². The van der Waals surface area contributed by atoms with Crippen LogP contribution in [-0.4, -0.2) is 30.8 Å². The molecule has 0 aliphatic rings. The van der Waals surface area contributed by atoms with Crippen LogP contribution in [0.1, 0.15) is 11.1 Å². The van der Waals surface area contributed by atoms with Gasteiger partial charge in [0.1, 0.15) is 5.75 Å². The molecule has 0 unspecified atom stereocenters. The van der Waals surface area contributed by atoms with Gasteiger partial charge in [-0.3, -0.25) is 9.69 Å². The maximum absolute atomic E-state index is 13.2. The number of halogens is 5. The highest BCUT2D eigenvalue weighted by Gasteiger charge is 2.31. The third-order valence-corrected chi connectivity index (χ3v) is 3.52. The maximum Gasteiger partial charge on any atom is 0.573 e. The van der Waals surface area contributed by atoms with E-state index in [1.165, 1.54) is 24.3 Å². The number of para-hydroxylation sites is 1. The highest BCUT2D eigenvalue weighted by molar-refractivity contribution is 5.78. The van der Waals surface area contributed by atoms with Gasteiger partial charge in [-0.05, 0) is 30.8 Å². The predicted octanol–water partition coefficient (Wildman–Crippen LogP) is 3.61. The summed E-state index contributed by atoms with van der Waals surface area (Å²) in [5.74, 6) is -2.77. The Labute approximate surface area is 152 Å². The Bertz CT molecular complexity index is 796. The van der Waals surface area contributed by atoms with Crippen LogP contribution in [0.15, 0.2) is 42.5 Å². The van der Waals surface area contributed by atoms with Crippen LogP contribution in [0.2, 0.25) is 0 Å². The van der Waals surface area contributed by atoms with Gasteiger partial charge in [-0.25, -0.2) is 8.78 Å². The number of hydrogen-bond donors (Lipinski definition) is 1. The first-order valence-corrected chi connectivity index (χ1v) is 7.87. The van der Waals surface area contributed by atoms with Gasteiger partial charge in [0.2, 0.25) is 5.91 Å². The van der Waals surface area contributed by atoms with Crippen molar-refractivity contribution in [3.63, 3.8) is 0 Å². The monoisotopic (exact) mass is 388 g/mol. The zero-order valence-corrected chi connectivity index (χ0v) is 14.3. The molecule has 2 rings (SSSR count). The molecule has 9 heteroatoms. The van der Waals surface area contributed by atoms with E-state index in [1.807, 2.05) is 0 Å². The van der Waals surface area contributed by atoms with Gasteiger partial charge in [-0.2, -0.15) is 0 Å². The van der Waals surface area contributed by atoms with Crippen LogP contribution in [0.4, 0.5) is 22.0 Å². The van der Waals surface area contributed by atoms with Crippen molar-refractivity contribution >= 4 is 5.91 Å². The third-order valence-electron chi connectivity index (χ3n) is 3.52. The summed E-state index contributed by atoms with van der Waals surface area (Å²) in [6.07, 6.45) is -4.83. The zero-order chi connectivity index (χ0) is 20.0. The van der Waals surface area contributed by atoms with Crippen LogP contribution in [0.5, 0.6) is 5.75 Å². The molecule has 0 saturated carbocycles. The van der Waals surface area contributed by atoms with E-state index >= 15 is 0 Å². The van der Waals surface area contributed by atoms with Crippen molar-refractivity contribution in [3.8, 4) is 5.75 Å². The number of amides is 1. The van der Waals surface area contributed by atoms with Crippen molar-refractivity contribution in [2.45, 2.75) is 19.5 Å². The van der Waals surface area contributed by atoms with Gasteiger partial charge in [0.05, 0.1) is 6.54 Å².